The summed E-state index contributed by atoms with van der Waals surface area (Å²) in [6.45, 7) is 1.84. The van der Waals surface area contributed by atoms with Crippen LogP contribution in [0.2, 0.25) is 5.02 Å². The average molecular weight is 420 g/mol. The van der Waals surface area contributed by atoms with Crippen molar-refractivity contribution >= 4 is 17.5 Å². The van der Waals surface area contributed by atoms with Crippen molar-refractivity contribution in [1.29, 1.82) is 0 Å². The van der Waals surface area contributed by atoms with Crippen LogP contribution in [0.3, 0.4) is 0 Å². The lowest BCUT2D eigenvalue weighted by Crippen LogP contribution is -2.48. The van der Waals surface area contributed by atoms with E-state index < -0.39 is 5.41 Å². The fourth-order valence-electron chi connectivity index (χ4n) is 4.11. The zero-order chi connectivity index (χ0) is 20.3. The van der Waals surface area contributed by atoms with Gasteiger partial charge < -0.3 is 19.5 Å². The number of hydrogen-bond acceptors (Lipinski definition) is 4. The number of carbonyl (C=O) groups is 1. The molecule has 0 aliphatic carbocycles. The van der Waals surface area contributed by atoms with Gasteiger partial charge in [-0.2, -0.15) is 0 Å². The first-order valence-electron chi connectivity index (χ1n) is 9.73. The summed E-state index contributed by atoms with van der Waals surface area (Å²) in [6.07, 6.45) is 1.59. The van der Waals surface area contributed by atoms with Crippen LogP contribution in [0.15, 0.2) is 36.4 Å². The molecule has 0 atom stereocenters. The van der Waals surface area contributed by atoms with E-state index in [0.29, 0.717) is 62.0 Å². The molecule has 0 bridgehead atoms. The number of rotatable bonds is 5. The Hall–Kier alpha value is -2.15. The summed E-state index contributed by atoms with van der Waals surface area (Å²) in [5, 5.41) is 3.61. The molecule has 0 unspecified atom stereocenters. The Labute approximate surface area is 174 Å². The number of carbonyl (C=O) groups excluding carboxylic acids is 1. The van der Waals surface area contributed by atoms with E-state index in [1.165, 1.54) is 12.1 Å². The van der Waals surface area contributed by atoms with Gasteiger partial charge in [0.25, 0.3) is 0 Å². The number of fused-ring (bicyclic) bond motifs is 1. The minimum Gasteiger partial charge on any atom is -0.467 e. The van der Waals surface area contributed by atoms with E-state index in [2.05, 4.69) is 5.32 Å². The highest BCUT2D eigenvalue weighted by molar-refractivity contribution is 6.31. The van der Waals surface area contributed by atoms with Gasteiger partial charge in [-0.1, -0.05) is 29.8 Å². The Bertz CT molecular complexity index is 898. The number of amides is 1. The summed E-state index contributed by atoms with van der Waals surface area (Å²) in [4.78, 5) is 13.3. The molecule has 1 fully saturated rings. The highest BCUT2D eigenvalue weighted by Crippen LogP contribution is 2.39. The topological polar surface area (TPSA) is 56.8 Å². The molecular weight excluding hydrogens is 397 g/mol. The summed E-state index contributed by atoms with van der Waals surface area (Å²) in [5.74, 6) is 0.235. The molecule has 5 nitrogen and oxygen atoms in total. The van der Waals surface area contributed by atoms with Gasteiger partial charge >= 0.3 is 0 Å². The molecule has 2 aliphatic rings. The third kappa shape index (κ3) is 4.10. The third-order valence-corrected chi connectivity index (χ3v) is 5.93. The molecule has 0 saturated carbocycles. The predicted molar refractivity (Wildman–Crippen MR) is 107 cm³/mol. The lowest BCUT2D eigenvalue weighted by Gasteiger charge is -2.36. The van der Waals surface area contributed by atoms with Gasteiger partial charge in [0.15, 0.2) is 6.79 Å². The van der Waals surface area contributed by atoms with E-state index in [0.717, 1.165) is 11.1 Å². The second kappa shape index (κ2) is 8.69. The zero-order valence-electron chi connectivity index (χ0n) is 16.0. The van der Waals surface area contributed by atoms with Crippen LogP contribution in [0.1, 0.15) is 29.5 Å². The van der Waals surface area contributed by atoms with Crippen molar-refractivity contribution in [2.45, 2.75) is 31.3 Å². The van der Waals surface area contributed by atoms with Crippen molar-refractivity contribution < 1.29 is 23.4 Å². The first-order valence-corrected chi connectivity index (χ1v) is 10.1. The fraction of sp³-hybridized carbons (Fsp3) is 0.409. The maximum absolute atomic E-state index is 13.9. The van der Waals surface area contributed by atoms with Crippen LogP contribution < -0.4 is 10.1 Å². The molecule has 4 rings (SSSR count). The Morgan fingerprint density at radius 2 is 1.97 bits per heavy atom. The first-order chi connectivity index (χ1) is 14.1. The van der Waals surface area contributed by atoms with E-state index in [1.807, 2.05) is 18.2 Å². The predicted octanol–water partition coefficient (Wildman–Crippen LogP) is 3.75. The Morgan fingerprint density at radius 1 is 1.17 bits per heavy atom. The van der Waals surface area contributed by atoms with E-state index in [9.17, 15) is 9.18 Å². The van der Waals surface area contributed by atoms with Crippen LogP contribution in [0.25, 0.3) is 0 Å². The SMILES string of the molecule is O=C(NCCc1cc(F)cc2c1OCOC2)C1(c2ccccc2Cl)CCOCC1. The monoisotopic (exact) mass is 419 g/mol. The average Bonchev–Trinajstić information content (AvgIpc) is 2.74. The largest absolute Gasteiger partial charge is 0.467 e. The number of halogens is 2. The van der Waals surface area contributed by atoms with Crippen molar-refractivity contribution in [2.24, 2.45) is 0 Å². The molecule has 7 heteroatoms. The molecule has 0 radical (unpaired) electrons. The number of benzene rings is 2. The van der Waals surface area contributed by atoms with Crippen molar-refractivity contribution in [3.63, 3.8) is 0 Å². The standard InChI is InChI=1S/C22H23ClFNO4/c23-19-4-2-1-3-18(19)22(6-9-27-10-7-22)21(26)25-8-5-15-11-17(24)12-16-13-28-14-29-20(15)16/h1-4,11-12H,5-10,13-14H2,(H,25,26). The van der Waals surface area contributed by atoms with Crippen molar-refractivity contribution in [2.75, 3.05) is 26.6 Å². The van der Waals surface area contributed by atoms with Gasteiger partial charge in [0.1, 0.15) is 11.6 Å². The van der Waals surface area contributed by atoms with E-state index in [-0.39, 0.29) is 18.5 Å². The molecule has 2 heterocycles. The Kier molecular flexibility index (Phi) is 6.04. The van der Waals surface area contributed by atoms with E-state index >= 15 is 0 Å². The fourth-order valence-corrected chi connectivity index (χ4v) is 4.43. The van der Waals surface area contributed by atoms with Gasteiger partial charge in [0.2, 0.25) is 5.91 Å². The van der Waals surface area contributed by atoms with Gasteiger partial charge in [0, 0.05) is 30.3 Å². The summed E-state index contributed by atoms with van der Waals surface area (Å²) in [7, 11) is 0. The quantitative estimate of drug-likeness (QED) is 0.801. The number of nitrogens with one attached hydrogen (secondary N) is 1. The molecule has 1 N–H and O–H groups in total. The molecule has 2 aromatic carbocycles. The highest BCUT2D eigenvalue weighted by atomic mass is 35.5. The third-order valence-electron chi connectivity index (χ3n) is 5.60. The molecule has 154 valence electrons. The molecule has 0 spiro atoms. The summed E-state index contributed by atoms with van der Waals surface area (Å²) < 4.78 is 30.2. The lowest BCUT2D eigenvalue weighted by molar-refractivity contribution is -0.130. The molecule has 1 saturated heterocycles. The maximum Gasteiger partial charge on any atom is 0.230 e. The van der Waals surface area contributed by atoms with Gasteiger partial charge in [-0.05, 0) is 48.6 Å². The van der Waals surface area contributed by atoms with Gasteiger partial charge in [-0.15, -0.1) is 0 Å². The minimum atomic E-state index is -0.720. The smallest absolute Gasteiger partial charge is 0.230 e. The maximum atomic E-state index is 13.9. The van der Waals surface area contributed by atoms with Gasteiger partial charge in [-0.3, -0.25) is 4.79 Å². The summed E-state index contributed by atoms with van der Waals surface area (Å²) in [6, 6.07) is 10.3. The molecule has 1 amide bonds. The first kappa shape index (κ1) is 20.1. The van der Waals surface area contributed by atoms with E-state index in [1.54, 1.807) is 6.07 Å². The second-order valence-electron chi connectivity index (χ2n) is 7.34. The molecule has 0 aromatic heterocycles. The summed E-state index contributed by atoms with van der Waals surface area (Å²) >= 11 is 6.43. The van der Waals surface area contributed by atoms with Crippen LogP contribution >= 0.6 is 11.6 Å². The van der Waals surface area contributed by atoms with Crippen molar-refractivity contribution in [1.82, 2.24) is 5.32 Å². The van der Waals surface area contributed by atoms with Crippen LogP contribution in [0, 0.1) is 5.82 Å². The van der Waals surface area contributed by atoms with Crippen LogP contribution in [0.5, 0.6) is 5.75 Å². The van der Waals surface area contributed by atoms with Crippen molar-refractivity contribution in [3.05, 3.63) is 63.9 Å². The molecule has 2 aromatic rings. The normalized spacial score (nSPS) is 17.9. The Morgan fingerprint density at radius 3 is 2.76 bits per heavy atom. The van der Waals surface area contributed by atoms with Crippen LogP contribution in [-0.2, 0) is 32.7 Å². The Balaban J connectivity index is 1.50. The van der Waals surface area contributed by atoms with Crippen LogP contribution in [0.4, 0.5) is 4.39 Å². The van der Waals surface area contributed by atoms with Gasteiger partial charge in [-0.25, -0.2) is 4.39 Å². The number of hydrogen-bond donors (Lipinski definition) is 1. The molecule has 2 aliphatic heterocycles. The van der Waals surface area contributed by atoms with Gasteiger partial charge in [0.05, 0.1) is 12.0 Å². The zero-order valence-corrected chi connectivity index (χ0v) is 16.8. The van der Waals surface area contributed by atoms with Crippen molar-refractivity contribution in [3.8, 4) is 5.75 Å². The highest BCUT2D eigenvalue weighted by Gasteiger charge is 2.42. The minimum absolute atomic E-state index is 0.0802. The lowest BCUT2D eigenvalue weighted by atomic mass is 9.73. The molecular formula is C22H23ClFNO4. The summed E-state index contributed by atoms with van der Waals surface area (Å²) in [5.41, 5.74) is 1.52. The second-order valence-corrected chi connectivity index (χ2v) is 7.75. The van der Waals surface area contributed by atoms with E-state index in [4.69, 9.17) is 25.8 Å². The molecule has 29 heavy (non-hydrogen) atoms. The van der Waals surface area contributed by atoms with Crippen LogP contribution in [-0.4, -0.2) is 32.5 Å². The number of ether oxygens (including phenoxy) is 3.